The van der Waals surface area contributed by atoms with Crippen LogP contribution in [0.2, 0.25) is 13.3 Å². The molecular formula is C26H38O2SSn. The van der Waals surface area contributed by atoms with Gasteiger partial charge in [-0.05, 0) is 0 Å². The van der Waals surface area contributed by atoms with Crippen molar-refractivity contribution in [3.63, 3.8) is 0 Å². The van der Waals surface area contributed by atoms with Crippen LogP contribution in [0.25, 0.3) is 6.08 Å². The first-order valence-electron chi connectivity index (χ1n) is 11.6. The Bertz CT molecular complexity index is 852. The van der Waals surface area contributed by atoms with Crippen LogP contribution in [0.3, 0.4) is 0 Å². The molecule has 0 aliphatic carbocycles. The molecule has 0 saturated heterocycles. The molecule has 0 aliphatic heterocycles. The number of rotatable bonds is 13. The Morgan fingerprint density at radius 2 is 1.17 bits per heavy atom. The van der Waals surface area contributed by atoms with Gasteiger partial charge in [-0.2, -0.15) is 0 Å². The summed E-state index contributed by atoms with van der Waals surface area (Å²) in [4.78, 5) is 0.456. The van der Waals surface area contributed by atoms with Gasteiger partial charge in [-0.25, -0.2) is 0 Å². The van der Waals surface area contributed by atoms with Crippen LogP contribution in [0.5, 0.6) is 0 Å². The van der Waals surface area contributed by atoms with E-state index in [2.05, 4.69) is 26.8 Å². The van der Waals surface area contributed by atoms with Gasteiger partial charge >= 0.3 is 189 Å². The van der Waals surface area contributed by atoms with E-state index in [9.17, 15) is 8.42 Å². The maximum absolute atomic E-state index is 14.1. The summed E-state index contributed by atoms with van der Waals surface area (Å²) >= 11 is -3.19. The van der Waals surface area contributed by atoms with Crippen LogP contribution in [-0.4, -0.2) is 26.8 Å². The van der Waals surface area contributed by atoms with E-state index in [1.165, 1.54) is 0 Å². The van der Waals surface area contributed by atoms with Crippen molar-refractivity contribution in [3.8, 4) is 0 Å². The summed E-state index contributed by atoms with van der Waals surface area (Å²) in [5, 5.41) is 0. The molecule has 30 heavy (non-hydrogen) atoms. The molecule has 2 aromatic carbocycles. The molecule has 2 rings (SSSR count). The van der Waals surface area contributed by atoms with Gasteiger partial charge in [-0.1, -0.05) is 0 Å². The van der Waals surface area contributed by atoms with Crippen molar-refractivity contribution in [2.45, 2.75) is 77.5 Å². The van der Waals surface area contributed by atoms with Crippen molar-refractivity contribution < 1.29 is 8.42 Å². The van der Waals surface area contributed by atoms with E-state index in [-0.39, 0.29) is 0 Å². The van der Waals surface area contributed by atoms with E-state index in [1.54, 1.807) is 12.1 Å². The third-order valence-electron chi connectivity index (χ3n) is 5.99. The van der Waals surface area contributed by atoms with Crippen LogP contribution in [-0.2, 0) is 9.84 Å². The Labute approximate surface area is 188 Å². The number of hydrogen-bond acceptors (Lipinski definition) is 2. The van der Waals surface area contributed by atoms with E-state index in [0.717, 1.165) is 60.3 Å². The molecular weight excluding hydrogens is 495 g/mol. The Hall–Kier alpha value is -1.07. The quantitative estimate of drug-likeness (QED) is 0.246. The Kier molecular flexibility index (Phi) is 10.7. The first-order valence-corrected chi connectivity index (χ1v) is 20.5. The van der Waals surface area contributed by atoms with E-state index in [1.807, 2.05) is 48.5 Å². The second-order valence-corrected chi connectivity index (χ2v) is 24.4. The fourth-order valence-corrected chi connectivity index (χ4v) is 28.2. The summed E-state index contributed by atoms with van der Waals surface area (Å²) in [7, 11) is -3.49. The average Bonchev–Trinajstić information content (AvgIpc) is 2.79. The molecule has 0 unspecified atom stereocenters. The average molecular weight is 533 g/mol. The van der Waals surface area contributed by atoms with Gasteiger partial charge in [0.05, 0.1) is 0 Å². The van der Waals surface area contributed by atoms with Crippen molar-refractivity contribution in [1.29, 1.82) is 0 Å². The van der Waals surface area contributed by atoms with Crippen LogP contribution < -0.4 is 0 Å². The fraction of sp³-hybridized carbons (Fsp3) is 0.462. The topological polar surface area (TPSA) is 34.1 Å². The number of hydrogen-bond donors (Lipinski definition) is 0. The Morgan fingerprint density at radius 3 is 1.60 bits per heavy atom. The third kappa shape index (κ3) is 6.71. The molecule has 0 atom stereocenters. The molecule has 2 aromatic rings. The van der Waals surface area contributed by atoms with Gasteiger partial charge in [0.25, 0.3) is 0 Å². The molecule has 2 nitrogen and oxygen atoms in total. The minimum atomic E-state index is -3.49. The molecule has 0 amide bonds. The molecule has 0 aromatic heterocycles. The fourth-order valence-electron chi connectivity index (χ4n) is 4.23. The van der Waals surface area contributed by atoms with E-state index in [0.29, 0.717) is 4.90 Å². The molecule has 0 bridgehead atoms. The molecule has 0 aliphatic rings. The zero-order valence-corrected chi connectivity index (χ0v) is 22.6. The van der Waals surface area contributed by atoms with Gasteiger partial charge in [-0.15, -0.1) is 0 Å². The van der Waals surface area contributed by atoms with Gasteiger partial charge in [0.2, 0.25) is 0 Å². The van der Waals surface area contributed by atoms with Crippen LogP contribution in [0.15, 0.2) is 68.5 Å². The molecule has 0 fully saturated rings. The van der Waals surface area contributed by atoms with Crippen LogP contribution in [0.1, 0.15) is 64.9 Å². The summed E-state index contributed by atoms with van der Waals surface area (Å²) < 4.78 is 32.3. The van der Waals surface area contributed by atoms with Crippen molar-refractivity contribution in [2.75, 3.05) is 0 Å². The zero-order chi connectivity index (χ0) is 21.9. The summed E-state index contributed by atoms with van der Waals surface area (Å²) in [6.45, 7) is 6.67. The van der Waals surface area contributed by atoms with Gasteiger partial charge in [-0.3, -0.25) is 0 Å². The van der Waals surface area contributed by atoms with E-state index < -0.39 is 28.2 Å². The second-order valence-electron chi connectivity index (χ2n) is 8.33. The molecule has 164 valence electrons. The predicted octanol–water partition coefficient (Wildman–Crippen LogP) is 7.89. The zero-order valence-electron chi connectivity index (χ0n) is 18.9. The van der Waals surface area contributed by atoms with Gasteiger partial charge in [0.1, 0.15) is 0 Å². The molecule has 0 saturated carbocycles. The van der Waals surface area contributed by atoms with Gasteiger partial charge < -0.3 is 0 Å². The van der Waals surface area contributed by atoms with E-state index in [4.69, 9.17) is 0 Å². The van der Waals surface area contributed by atoms with Gasteiger partial charge in [0, 0.05) is 0 Å². The number of sulfone groups is 1. The third-order valence-corrected chi connectivity index (χ3v) is 27.4. The van der Waals surface area contributed by atoms with E-state index >= 15 is 0 Å². The molecule has 4 heteroatoms. The van der Waals surface area contributed by atoms with Crippen molar-refractivity contribution in [3.05, 3.63) is 69.1 Å². The summed E-state index contributed by atoms with van der Waals surface area (Å²) in [6, 6.07) is 19.2. The van der Waals surface area contributed by atoms with Crippen LogP contribution >= 0.6 is 0 Å². The minimum absolute atomic E-state index is 0.456. The summed E-state index contributed by atoms with van der Waals surface area (Å²) in [6.07, 6.45) is 8.85. The monoisotopic (exact) mass is 534 g/mol. The van der Waals surface area contributed by atoms with Crippen molar-refractivity contribution in [2.24, 2.45) is 0 Å². The van der Waals surface area contributed by atoms with Crippen molar-refractivity contribution >= 4 is 34.3 Å². The van der Waals surface area contributed by atoms with Crippen LogP contribution in [0, 0.1) is 0 Å². The number of unbranched alkanes of at least 4 members (excludes halogenated alkanes) is 3. The first-order chi connectivity index (χ1) is 14.5. The Morgan fingerprint density at radius 1 is 0.733 bits per heavy atom. The summed E-state index contributed by atoms with van der Waals surface area (Å²) in [5.41, 5.74) is 1.01. The van der Waals surface area contributed by atoms with Crippen LogP contribution in [0.4, 0.5) is 0 Å². The number of benzene rings is 2. The Balaban J connectivity index is 2.72. The van der Waals surface area contributed by atoms with Gasteiger partial charge in [0.15, 0.2) is 0 Å². The summed E-state index contributed by atoms with van der Waals surface area (Å²) in [5.74, 6) is 0. The first kappa shape index (κ1) is 25.2. The normalized spacial score (nSPS) is 12.8. The second kappa shape index (κ2) is 12.7. The molecule has 0 heterocycles. The standard InChI is InChI=1S/C14H11O2S.3C4H9.Sn/c15-17(16,14-9-5-2-6-10-14)12-11-13-7-3-1-4-8-13;3*1-3-4-2;/h1-11H;3*1,3-4H2,2H3;. The molecule has 0 spiro atoms. The van der Waals surface area contributed by atoms with Crippen molar-refractivity contribution in [1.82, 2.24) is 0 Å². The molecule has 0 radical (unpaired) electrons. The maximum atomic E-state index is 14.1. The SMILES string of the molecule is CCC[CH2][Sn]([CH2]CCC)([CH2]CCC)/[C](=C/c1ccccc1)S(=O)(=O)c1ccccc1. The predicted molar refractivity (Wildman–Crippen MR) is 133 cm³/mol. The molecule has 0 N–H and O–H groups in total.